The highest BCUT2D eigenvalue weighted by Gasteiger charge is 2.03. The van der Waals surface area contributed by atoms with Gasteiger partial charge in [-0.15, -0.1) is 11.3 Å². The first kappa shape index (κ1) is 10.8. The van der Waals surface area contributed by atoms with E-state index in [1.165, 1.54) is 11.3 Å². The molecule has 82 valence electrons. The number of pyridine rings is 1. The van der Waals surface area contributed by atoms with Gasteiger partial charge >= 0.3 is 0 Å². The van der Waals surface area contributed by atoms with Gasteiger partial charge in [0.15, 0.2) is 6.29 Å². The zero-order valence-electron chi connectivity index (χ0n) is 8.71. The Morgan fingerprint density at radius 1 is 1.38 bits per heavy atom. The molecular weight excluding hydrogens is 224 g/mol. The molecule has 2 aromatic heterocycles. The summed E-state index contributed by atoms with van der Waals surface area (Å²) in [5.74, 6) is 0.594. The van der Waals surface area contributed by atoms with Crippen LogP contribution in [-0.4, -0.2) is 23.4 Å². The number of methoxy groups -OCH3 is 1. The molecule has 0 N–H and O–H groups in total. The van der Waals surface area contributed by atoms with Crippen LogP contribution >= 0.6 is 11.3 Å². The molecule has 5 heteroatoms. The topological polar surface area (TPSA) is 52.1 Å². The summed E-state index contributed by atoms with van der Waals surface area (Å²) in [6.07, 6.45) is 4.84. The van der Waals surface area contributed by atoms with Crippen LogP contribution in [0, 0.1) is 0 Å². The summed E-state index contributed by atoms with van der Waals surface area (Å²) in [6.45, 7) is 0. The fraction of sp³-hybridized carbons (Fsp3) is 0.182. The first-order valence-electron chi connectivity index (χ1n) is 4.70. The van der Waals surface area contributed by atoms with Crippen molar-refractivity contribution < 1.29 is 9.53 Å². The molecule has 2 rings (SSSR count). The molecule has 0 bridgehead atoms. The maximum Gasteiger partial charge on any atom is 0.212 e. The van der Waals surface area contributed by atoms with Crippen molar-refractivity contribution in [2.75, 3.05) is 7.11 Å². The molecule has 0 saturated carbocycles. The highest BCUT2D eigenvalue weighted by atomic mass is 32.1. The smallest absolute Gasteiger partial charge is 0.212 e. The lowest BCUT2D eigenvalue weighted by Crippen LogP contribution is -1.91. The molecule has 4 nitrogen and oxygen atoms in total. The molecule has 2 aromatic rings. The minimum Gasteiger partial charge on any atom is -0.481 e. The van der Waals surface area contributed by atoms with Crippen LogP contribution in [0.2, 0.25) is 0 Å². The summed E-state index contributed by atoms with van der Waals surface area (Å²) in [6, 6.07) is 3.75. The van der Waals surface area contributed by atoms with Gasteiger partial charge in [-0.1, -0.05) is 6.07 Å². The number of thiazole rings is 1. The van der Waals surface area contributed by atoms with Crippen molar-refractivity contribution in [3.8, 4) is 5.88 Å². The third kappa shape index (κ3) is 2.43. The molecule has 0 aliphatic rings. The number of hydrogen-bond donors (Lipinski definition) is 0. The van der Waals surface area contributed by atoms with Crippen LogP contribution in [0.25, 0.3) is 0 Å². The van der Waals surface area contributed by atoms with E-state index < -0.39 is 0 Å². The zero-order chi connectivity index (χ0) is 11.4. The summed E-state index contributed by atoms with van der Waals surface area (Å²) in [7, 11) is 1.58. The first-order chi connectivity index (χ1) is 7.81. The van der Waals surface area contributed by atoms with Gasteiger partial charge in [0.2, 0.25) is 5.88 Å². The highest BCUT2D eigenvalue weighted by molar-refractivity contribution is 7.13. The van der Waals surface area contributed by atoms with Gasteiger partial charge in [-0.25, -0.2) is 9.97 Å². The Balaban J connectivity index is 2.10. The number of hydrogen-bond acceptors (Lipinski definition) is 5. The Kier molecular flexibility index (Phi) is 3.26. The van der Waals surface area contributed by atoms with E-state index in [1.807, 2.05) is 12.1 Å². The lowest BCUT2D eigenvalue weighted by Gasteiger charge is -2.00. The fourth-order valence-corrected chi connectivity index (χ4v) is 2.04. The van der Waals surface area contributed by atoms with Crippen molar-refractivity contribution >= 4 is 17.6 Å². The minimum absolute atomic E-state index is 0.594. The zero-order valence-corrected chi connectivity index (χ0v) is 9.53. The minimum atomic E-state index is 0.594. The molecule has 0 aliphatic heterocycles. The second-order valence-corrected chi connectivity index (χ2v) is 4.31. The predicted octanol–water partition coefficient (Wildman–Crippen LogP) is 1.95. The molecule has 0 fully saturated rings. The SMILES string of the molecule is COc1ccc(Cc2ncc(C=O)s2)cn1. The Morgan fingerprint density at radius 2 is 2.25 bits per heavy atom. The van der Waals surface area contributed by atoms with Gasteiger partial charge in [-0.3, -0.25) is 4.79 Å². The van der Waals surface area contributed by atoms with E-state index in [0.29, 0.717) is 17.2 Å². The second kappa shape index (κ2) is 4.85. The van der Waals surface area contributed by atoms with Crippen molar-refractivity contribution in [1.29, 1.82) is 0 Å². The van der Waals surface area contributed by atoms with Crippen molar-refractivity contribution in [2.45, 2.75) is 6.42 Å². The molecule has 0 aromatic carbocycles. The van der Waals surface area contributed by atoms with Crippen LogP contribution in [0.15, 0.2) is 24.5 Å². The Morgan fingerprint density at radius 3 is 2.81 bits per heavy atom. The number of nitrogens with zero attached hydrogens (tertiary/aromatic N) is 2. The molecule has 0 unspecified atom stereocenters. The van der Waals surface area contributed by atoms with Crippen LogP contribution in [0.4, 0.5) is 0 Å². The van der Waals surface area contributed by atoms with Crippen LogP contribution in [-0.2, 0) is 6.42 Å². The van der Waals surface area contributed by atoms with Crippen molar-refractivity contribution in [3.63, 3.8) is 0 Å². The Hall–Kier alpha value is -1.75. The Labute approximate surface area is 96.9 Å². The average Bonchev–Trinajstić information content (AvgIpc) is 2.78. The van der Waals surface area contributed by atoms with Crippen molar-refractivity contribution in [2.24, 2.45) is 0 Å². The van der Waals surface area contributed by atoms with E-state index in [1.54, 1.807) is 19.5 Å². The predicted molar refractivity (Wildman–Crippen MR) is 61.1 cm³/mol. The number of carbonyl (C=O) groups is 1. The normalized spacial score (nSPS) is 10.1. The van der Waals surface area contributed by atoms with Gasteiger partial charge in [-0.05, 0) is 5.56 Å². The van der Waals surface area contributed by atoms with E-state index in [2.05, 4.69) is 9.97 Å². The highest BCUT2D eigenvalue weighted by Crippen LogP contribution is 2.16. The number of ether oxygens (including phenoxy) is 1. The molecule has 0 spiro atoms. The molecule has 16 heavy (non-hydrogen) atoms. The standard InChI is InChI=1S/C11H10N2O2S/c1-15-10-3-2-8(5-12-10)4-11-13-6-9(7-14)16-11/h2-3,5-7H,4H2,1H3. The number of aldehydes is 1. The molecule has 0 aliphatic carbocycles. The maximum absolute atomic E-state index is 10.5. The van der Waals surface area contributed by atoms with Gasteiger partial charge in [0.05, 0.1) is 17.0 Å². The summed E-state index contributed by atoms with van der Waals surface area (Å²) in [4.78, 5) is 19.4. The van der Waals surface area contributed by atoms with Gasteiger partial charge in [0.1, 0.15) is 0 Å². The fourth-order valence-electron chi connectivity index (χ4n) is 1.27. The summed E-state index contributed by atoms with van der Waals surface area (Å²) in [5, 5.41) is 0.911. The molecule has 0 amide bonds. The van der Waals surface area contributed by atoms with Crippen LogP contribution < -0.4 is 4.74 Å². The number of carbonyl (C=O) groups excluding carboxylic acids is 1. The summed E-state index contributed by atoms with van der Waals surface area (Å²) in [5.41, 5.74) is 1.05. The Bertz CT molecular complexity index is 479. The molecule has 0 radical (unpaired) electrons. The summed E-state index contributed by atoms with van der Waals surface area (Å²) >= 11 is 1.40. The van der Waals surface area contributed by atoms with Gasteiger partial charge in [0, 0.05) is 24.9 Å². The van der Waals surface area contributed by atoms with Crippen molar-refractivity contribution in [3.05, 3.63) is 40.0 Å². The summed E-state index contributed by atoms with van der Waals surface area (Å²) < 4.78 is 4.97. The van der Waals surface area contributed by atoms with Crippen molar-refractivity contribution in [1.82, 2.24) is 9.97 Å². The average molecular weight is 234 g/mol. The van der Waals surface area contributed by atoms with E-state index in [9.17, 15) is 4.79 Å². The van der Waals surface area contributed by atoms with Crippen LogP contribution in [0.3, 0.4) is 0 Å². The number of rotatable bonds is 4. The third-order valence-electron chi connectivity index (χ3n) is 2.05. The number of aromatic nitrogens is 2. The van der Waals surface area contributed by atoms with Gasteiger partial charge in [-0.2, -0.15) is 0 Å². The second-order valence-electron chi connectivity index (χ2n) is 3.16. The van der Waals surface area contributed by atoms with E-state index in [0.717, 1.165) is 16.9 Å². The molecule has 0 atom stereocenters. The first-order valence-corrected chi connectivity index (χ1v) is 5.52. The largest absolute Gasteiger partial charge is 0.481 e. The van der Waals surface area contributed by atoms with Crippen LogP contribution in [0.1, 0.15) is 20.2 Å². The van der Waals surface area contributed by atoms with E-state index in [-0.39, 0.29) is 0 Å². The lowest BCUT2D eigenvalue weighted by atomic mass is 10.2. The molecule has 2 heterocycles. The van der Waals surface area contributed by atoms with Gasteiger partial charge < -0.3 is 4.74 Å². The maximum atomic E-state index is 10.5. The van der Waals surface area contributed by atoms with E-state index >= 15 is 0 Å². The lowest BCUT2D eigenvalue weighted by molar-refractivity contribution is 0.112. The molecule has 0 saturated heterocycles. The quantitative estimate of drug-likeness (QED) is 0.759. The molecular formula is C11H10N2O2S. The monoisotopic (exact) mass is 234 g/mol. The van der Waals surface area contributed by atoms with E-state index in [4.69, 9.17) is 4.74 Å². The third-order valence-corrected chi connectivity index (χ3v) is 2.97. The van der Waals surface area contributed by atoms with Gasteiger partial charge in [0.25, 0.3) is 0 Å². The van der Waals surface area contributed by atoms with Crippen LogP contribution in [0.5, 0.6) is 5.88 Å².